The Hall–Kier alpha value is -3.81. The van der Waals surface area contributed by atoms with E-state index in [0.29, 0.717) is 11.1 Å². The topological polar surface area (TPSA) is 104 Å². The van der Waals surface area contributed by atoms with Crippen molar-refractivity contribution in [3.8, 4) is 11.8 Å². The number of aromatic nitrogens is 2. The summed E-state index contributed by atoms with van der Waals surface area (Å²) in [6.07, 6.45) is -4.49. The summed E-state index contributed by atoms with van der Waals surface area (Å²) in [4.78, 5) is 28.6. The van der Waals surface area contributed by atoms with E-state index in [4.69, 9.17) is 16.7 Å². The maximum absolute atomic E-state index is 13.4. The molecule has 1 heterocycles. The lowest BCUT2D eigenvalue weighted by atomic mass is 10.1. The molecule has 0 aliphatic rings. The maximum atomic E-state index is 13.4. The largest absolute Gasteiger partial charge is 0.478 e. The summed E-state index contributed by atoms with van der Waals surface area (Å²) in [6, 6.07) is 9.80. The number of hydrogen-bond donors (Lipinski definition) is 3. The number of hydrogen-bond acceptors (Lipinski definition) is 4. The Labute approximate surface area is 215 Å². The van der Waals surface area contributed by atoms with Gasteiger partial charge in [-0.15, -0.1) is 0 Å². The number of rotatable bonds is 6. The highest BCUT2D eigenvalue weighted by molar-refractivity contribution is 6.29. The predicted octanol–water partition coefficient (Wildman–Crippen LogP) is 4.92. The van der Waals surface area contributed by atoms with Crippen molar-refractivity contribution in [3.63, 3.8) is 0 Å². The number of carboxylic acid groups (broad SMARTS) is 1. The van der Waals surface area contributed by atoms with Gasteiger partial charge in [0.05, 0.1) is 23.7 Å². The summed E-state index contributed by atoms with van der Waals surface area (Å²) in [7, 11) is 0. The molecule has 37 heavy (non-hydrogen) atoms. The molecule has 3 N–H and O–H groups in total. The number of aliphatic hydroxyl groups is 1. The molecule has 11 heteroatoms. The van der Waals surface area contributed by atoms with Crippen molar-refractivity contribution < 1.29 is 33.0 Å². The first kappa shape index (κ1) is 27.8. The van der Waals surface area contributed by atoms with Crippen molar-refractivity contribution in [2.75, 3.05) is 0 Å². The molecule has 0 radical (unpaired) electrons. The number of carbonyl (C=O) groups excluding carboxylic acids is 1. The van der Waals surface area contributed by atoms with E-state index in [1.54, 1.807) is 19.1 Å². The van der Waals surface area contributed by atoms with Crippen molar-refractivity contribution in [1.29, 1.82) is 0 Å². The van der Waals surface area contributed by atoms with Crippen LogP contribution in [0.3, 0.4) is 0 Å². The Balaban J connectivity index is 1.97. The second-order valence-corrected chi connectivity index (χ2v) is 9.13. The normalized spacial score (nSPS) is 12.4. The Bertz CT molecular complexity index is 1360. The SMILES string of the molecule is C[C@H](NC(=O)c1c(C#CC(C)(C)O)nc(Cl)n1Cc1ccc(C(F)(F)F)cc1)c1ccc(C(=O)O)cc1. The summed E-state index contributed by atoms with van der Waals surface area (Å²) in [5.74, 6) is 3.52. The Morgan fingerprint density at radius 1 is 1.11 bits per heavy atom. The zero-order valence-electron chi connectivity index (χ0n) is 20.0. The van der Waals surface area contributed by atoms with E-state index < -0.39 is 35.3 Å². The standard InChI is InChI=1S/C26H23ClF3N3O4/c1-15(17-6-8-18(9-7-17)23(35)36)31-22(34)21-20(12-13-25(2,3)37)32-24(27)33(21)14-16-4-10-19(11-5-16)26(28,29)30/h4-11,15,37H,14H2,1-3H3,(H,31,34)(H,35,36)/t15-/m0/s1. The second-order valence-electron chi connectivity index (χ2n) is 8.79. The van der Waals surface area contributed by atoms with Crippen LogP contribution in [-0.2, 0) is 12.7 Å². The molecule has 3 aromatic rings. The van der Waals surface area contributed by atoms with Crippen LogP contribution in [0, 0.1) is 11.8 Å². The summed E-state index contributed by atoms with van der Waals surface area (Å²) in [6.45, 7) is 4.51. The fraction of sp³-hybridized carbons (Fsp3) is 0.269. The number of amides is 1. The molecule has 0 unspecified atom stereocenters. The minimum atomic E-state index is -4.49. The van der Waals surface area contributed by atoms with E-state index in [-0.39, 0.29) is 28.8 Å². The van der Waals surface area contributed by atoms with Gasteiger partial charge in [0.25, 0.3) is 5.91 Å². The third kappa shape index (κ3) is 7.12. The highest BCUT2D eigenvalue weighted by atomic mass is 35.5. The van der Waals surface area contributed by atoms with Crippen LogP contribution < -0.4 is 5.32 Å². The molecule has 0 spiro atoms. The molecular formula is C26H23ClF3N3O4. The van der Waals surface area contributed by atoms with Crippen molar-refractivity contribution in [1.82, 2.24) is 14.9 Å². The molecule has 3 rings (SSSR count). The number of halogens is 4. The molecule has 0 bridgehead atoms. The van der Waals surface area contributed by atoms with E-state index in [2.05, 4.69) is 22.1 Å². The highest BCUT2D eigenvalue weighted by Crippen LogP contribution is 2.29. The van der Waals surface area contributed by atoms with Crippen LogP contribution in [0.4, 0.5) is 13.2 Å². The molecule has 1 atom stereocenters. The molecule has 0 fully saturated rings. The van der Waals surface area contributed by atoms with Crippen LogP contribution in [0.2, 0.25) is 5.28 Å². The van der Waals surface area contributed by atoms with Crippen LogP contribution in [0.5, 0.6) is 0 Å². The average Bonchev–Trinajstić information content (AvgIpc) is 3.12. The first-order valence-corrected chi connectivity index (χ1v) is 11.4. The van der Waals surface area contributed by atoms with Crippen LogP contribution in [-0.4, -0.2) is 37.2 Å². The van der Waals surface area contributed by atoms with Crippen molar-refractivity contribution in [3.05, 3.63) is 87.5 Å². The zero-order chi connectivity index (χ0) is 27.5. The van der Waals surface area contributed by atoms with Gasteiger partial charge in [0.2, 0.25) is 5.28 Å². The fourth-order valence-corrected chi connectivity index (χ4v) is 3.57. The highest BCUT2D eigenvalue weighted by Gasteiger charge is 2.30. The van der Waals surface area contributed by atoms with Gasteiger partial charge in [0.15, 0.2) is 0 Å². The number of benzene rings is 2. The third-order valence-corrected chi connectivity index (χ3v) is 5.54. The summed E-state index contributed by atoms with van der Waals surface area (Å²) < 4.78 is 40.1. The Morgan fingerprint density at radius 2 is 1.70 bits per heavy atom. The van der Waals surface area contributed by atoms with Crippen molar-refractivity contribution >= 4 is 23.5 Å². The summed E-state index contributed by atoms with van der Waals surface area (Å²) in [5.41, 5.74) is -1.13. The first-order valence-electron chi connectivity index (χ1n) is 11.0. The number of carbonyl (C=O) groups is 2. The molecule has 0 aliphatic heterocycles. The predicted molar refractivity (Wildman–Crippen MR) is 130 cm³/mol. The number of alkyl halides is 3. The number of imidazole rings is 1. The number of nitrogens with one attached hydrogen (secondary N) is 1. The minimum absolute atomic E-state index is 0.0232. The lowest BCUT2D eigenvalue weighted by Gasteiger charge is -2.16. The second kappa shape index (κ2) is 10.7. The molecule has 0 saturated heterocycles. The first-order chi connectivity index (χ1) is 17.2. The van der Waals surface area contributed by atoms with Gasteiger partial charge >= 0.3 is 12.1 Å². The lowest BCUT2D eigenvalue weighted by molar-refractivity contribution is -0.137. The van der Waals surface area contributed by atoms with Crippen molar-refractivity contribution in [2.24, 2.45) is 0 Å². The lowest BCUT2D eigenvalue weighted by Crippen LogP contribution is -2.29. The van der Waals surface area contributed by atoms with Gasteiger partial charge < -0.3 is 20.1 Å². The Morgan fingerprint density at radius 3 is 2.22 bits per heavy atom. The van der Waals surface area contributed by atoms with Crippen molar-refractivity contribution in [2.45, 2.75) is 45.1 Å². The minimum Gasteiger partial charge on any atom is -0.478 e. The van der Waals surface area contributed by atoms with Gasteiger partial charge in [-0.2, -0.15) is 13.2 Å². The maximum Gasteiger partial charge on any atom is 0.416 e. The molecule has 0 aliphatic carbocycles. The smallest absolute Gasteiger partial charge is 0.416 e. The monoisotopic (exact) mass is 533 g/mol. The van der Waals surface area contributed by atoms with E-state index in [9.17, 15) is 27.9 Å². The van der Waals surface area contributed by atoms with Crippen LogP contribution in [0.25, 0.3) is 0 Å². The van der Waals surface area contributed by atoms with Gasteiger partial charge in [-0.1, -0.05) is 30.2 Å². The summed E-state index contributed by atoms with van der Waals surface area (Å²) >= 11 is 6.30. The quantitative estimate of drug-likeness (QED) is 0.390. The Kier molecular flexibility index (Phi) is 8.00. The molecule has 2 aromatic carbocycles. The van der Waals surface area contributed by atoms with Gasteiger partial charge in [0, 0.05) is 0 Å². The third-order valence-electron chi connectivity index (χ3n) is 5.25. The molecule has 1 aromatic heterocycles. The number of nitrogens with zero attached hydrogens (tertiary/aromatic N) is 2. The van der Waals surface area contributed by atoms with Crippen LogP contribution >= 0.6 is 11.6 Å². The van der Waals surface area contributed by atoms with E-state index in [1.807, 2.05) is 0 Å². The average molecular weight is 534 g/mol. The molecule has 0 saturated carbocycles. The van der Waals surface area contributed by atoms with Gasteiger partial charge in [-0.05, 0) is 73.7 Å². The zero-order valence-corrected chi connectivity index (χ0v) is 20.8. The molecule has 1 amide bonds. The van der Waals surface area contributed by atoms with Gasteiger partial charge in [-0.25, -0.2) is 9.78 Å². The molecular weight excluding hydrogens is 511 g/mol. The number of carboxylic acids is 1. The fourth-order valence-electron chi connectivity index (χ4n) is 3.34. The van der Waals surface area contributed by atoms with E-state index in [1.165, 1.54) is 42.7 Å². The van der Waals surface area contributed by atoms with E-state index >= 15 is 0 Å². The van der Waals surface area contributed by atoms with Crippen LogP contribution in [0.1, 0.15) is 70.0 Å². The van der Waals surface area contributed by atoms with Gasteiger partial charge in [-0.3, -0.25) is 4.79 Å². The molecule has 194 valence electrons. The number of aromatic carboxylic acids is 1. The van der Waals surface area contributed by atoms with E-state index in [0.717, 1.165) is 12.1 Å². The van der Waals surface area contributed by atoms with Gasteiger partial charge in [0.1, 0.15) is 17.0 Å². The van der Waals surface area contributed by atoms with Crippen LogP contribution in [0.15, 0.2) is 48.5 Å². The summed E-state index contributed by atoms with van der Waals surface area (Å²) in [5, 5.41) is 21.7. The molecule has 7 nitrogen and oxygen atoms in total.